The fourth-order valence-corrected chi connectivity index (χ4v) is 3.48. The Morgan fingerprint density at radius 1 is 0.947 bits per heavy atom. The van der Waals surface area contributed by atoms with E-state index >= 15 is 0 Å². The number of hydrogen-bond acceptors (Lipinski definition) is 3. The van der Waals surface area contributed by atoms with E-state index in [-0.39, 0.29) is 4.90 Å². The highest BCUT2D eigenvalue weighted by Crippen LogP contribution is 2.37. The van der Waals surface area contributed by atoms with Crippen molar-refractivity contribution in [1.82, 2.24) is 0 Å². The molecule has 0 saturated carbocycles. The highest BCUT2D eigenvalue weighted by molar-refractivity contribution is 7.93. The zero-order valence-corrected chi connectivity index (χ0v) is 11.0. The minimum Gasteiger partial charge on any atom is -0.267 e. The largest absolute Gasteiger partial charge is 0.274 e. The van der Waals surface area contributed by atoms with E-state index in [2.05, 4.69) is 0 Å². The van der Waals surface area contributed by atoms with Crippen molar-refractivity contribution in [3.63, 3.8) is 0 Å². The molecule has 0 unspecified atom stereocenters. The van der Waals surface area contributed by atoms with E-state index in [1.165, 1.54) is 12.1 Å². The average Bonchev–Trinajstić information content (AvgIpc) is 2.38. The molecule has 96 valence electrons. The minimum atomic E-state index is -3.80. The van der Waals surface area contributed by atoms with E-state index in [0.29, 0.717) is 11.3 Å². The summed E-state index contributed by atoms with van der Waals surface area (Å²) in [6, 6.07) is 13.1. The maximum Gasteiger partial charge on any atom is 0.274 e. The molecule has 3 rings (SSSR count). The van der Waals surface area contributed by atoms with E-state index in [9.17, 15) is 13.2 Å². The van der Waals surface area contributed by atoms with Crippen molar-refractivity contribution in [3.05, 3.63) is 59.7 Å². The molecule has 0 saturated heterocycles. The number of anilines is 1. The number of sulfonamides is 1. The molecule has 0 aliphatic carbocycles. The Labute approximate surface area is 111 Å². The third-order valence-corrected chi connectivity index (χ3v) is 4.81. The van der Waals surface area contributed by atoms with Crippen LogP contribution in [0.3, 0.4) is 0 Å². The van der Waals surface area contributed by atoms with Gasteiger partial charge in [-0.05, 0) is 31.2 Å². The monoisotopic (exact) mass is 273 g/mol. The van der Waals surface area contributed by atoms with Crippen LogP contribution in [0.25, 0.3) is 0 Å². The second-order valence-electron chi connectivity index (χ2n) is 4.40. The molecule has 5 heteroatoms. The molecule has 1 heterocycles. The van der Waals surface area contributed by atoms with Crippen molar-refractivity contribution in [1.29, 1.82) is 0 Å². The lowest BCUT2D eigenvalue weighted by Crippen LogP contribution is -2.45. The van der Waals surface area contributed by atoms with Gasteiger partial charge in [-0.15, -0.1) is 0 Å². The first-order chi connectivity index (χ1) is 9.01. The third kappa shape index (κ3) is 1.66. The lowest BCUT2D eigenvalue weighted by molar-refractivity contribution is 0.0988. The highest BCUT2D eigenvalue weighted by atomic mass is 32.2. The predicted molar refractivity (Wildman–Crippen MR) is 71.6 cm³/mol. The molecule has 1 aliphatic heterocycles. The van der Waals surface area contributed by atoms with Crippen molar-refractivity contribution in [2.45, 2.75) is 11.8 Å². The van der Waals surface area contributed by atoms with Gasteiger partial charge >= 0.3 is 0 Å². The zero-order valence-electron chi connectivity index (χ0n) is 10.2. The Morgan fingerprint density at radius 3 is 2.26 bits per heavy atom. The SMILES string of the molecule is Cc1ccc(S(=O)(=O)N2C(=O)c3ccccc32)cc1. The van der Waals surface area contributed by atoms with E-state index < -0.39 is 15.9 Å². The summed E-state index contributed by atoms with van der Waals surface area (Å²) < 4.78 is 25.7. The molecule has 0 atom stereocenters. The first-order valence-electron chi connectivity index (χ1n) is 5.77. The van der Waals surface area contributed by atoms with Gasteiger partial charge < -0.3 is 0 Å². The molecule has 0 radical (unpaired) electrons. The molecule has 2 aromatic rings. The number of nitrogens with zero attached hydrogens (tertiary/aromatic N) is 1. The summed E-state index contributed by atoms with van der Waals surface area (Å²) in [5, 5.41) is 0. The summed E-state index contributed by atoms with van der Waals surface area (Å²) >= 11 is 0. The van der Waals surface area contributed by atoms with Crippen molar-refractivity contribution < 1.29 is 13.2 Å². The van der Waals surface area contributed by atoms with Gasteiger partial charge in [-0.3, -0.25) is 4.79 Å². The molecule has 0 bridgehead atoms. The molecule has 2 aromatic carbocycles. The van der Waals surface area contributed by atoms with E-state index in [0.717, 1.165) is 9.87 Å². The van der Waals surface area contributed by atoms with Crippen LogP contribution < -0.4 is 4.31 Å². The molecule has 19 heavy (non-hydrogen) atoms. The summed E-state index contributed by atoms with van der Waals surface area (Å²) in [7, 11) is -3.80. The Morgan fingerprint density at radius 2 is 1.58 bits per heavy atom. The smallest absolute Gasteiger partial charge is 0.267 e. The quantitative estimate of drug-likeness (QED) is 0.844. The Bertz CT molecular complexity index is 764. The number of hydrogen-bond donors (Lipinski definition) is 0. The average molecular weight is 273 g/mol. The fraction of sp³-hybridized carbons (Fsp3) is 0.0714. The lowest BCUT2D eigenvalue weighted by atomic mass is 10.1. The number of carbonyl (C=O) groups excluding carboxylic acids is 1. The van der Waals surface area contributed by atoms with E-state index in [4.69, 9.17) is 0 Å². The molecule has 0 fully saturated rings. The zero-order chi connectivity index (χ0) is 13.6. The lowest BCUT2D eigenvalue weighted by Gasteiger charge is -2.32. The number of aryl methyl sites for hydroxylation is 1. The summed E-state index contributed by atoms with van der Waals surface area (Å²) in [4.78, 5) is 12.0. The Hall–Kier alpha value is -2.14. The van der Waals surface area contributed by atoms with Crippen molar-refractivity contribution >= 4 is 21.6 Å². The Kier molecular flexibility index (Phi) is 2.46. The summed E-state index contributed by atoms with van der Waals surface area (Å²) in [6.45, 7) is 1.88. The van der Waals surface area contributed by atoms with Crippen LogP contribution in [0.4, 0.5) is 5.69 Å². The summed E-state index contributed by atoms with van der Waals surface area (Å²) in [6.07, 6.45) is 0. The summed E-state index contributed by atoms with van der Waals surface area (Å²) in [5.74, 6) is -0.476. The van der Waals surface area contributed by atoms with Gasteiger partial charge in [-0.1, -0.05) is 29.8 Å². The van der Waals surface area contributed by atoms with Gasteiger partial charge in [0.05, 0.1) is 16.1 Å². The number of carbonyl (C=O) groups is 1. The molecular weight excluding hydrogens is 262 g/mol. The standard InChI is InChI=1S/C14H11NO3S/c1-10-6-8-11(9-7-10)19(17,18)15-13-5-3-2-4-12(13)14(15)16/h2-9H,1H3. The number of rotatable bonds is 2. The molecule has 1 amide bonds. The van der Waals surface area contributed by atoms with Gasteiger partial charge in [0.25, 0.3) is 15.9 Å². The number of fused-ring (bicyclic) bond motifs is 1. The second kappa shape index (κ2) is 3.93. The molecule has 0 aromatic heterocycles. The molecule has 4 nitrogen and oxygen atoms in total. The van der Waals surface area contributed by atoms with Crippen LogP contribution in [0.1, 0.15) is 15.9 Å². The topological polar surface area (TPSA) is 54.5 Å². The Balaban J connectivity index is 2.09. The van der Waals surface area contributed by atoms with Gasteiger partial charge in [0.15, 0.2) is 0 Å². The molecule has 1 aliphatic rings. The number of benzene rings is 2. The first-order valence-corrected chi connectivity index (χ1v) is 7.21. The maximum absolute atomic E-state index is 12.4. The fourth-order valence-electron chi connectivity index (χ4n) is 2.05. The van der Waals surface area contributed by atoms with Crippen LogP contribution in [-0.2, 0) is 10.0 Å². The molecule has 0 spiro atoms. The highest BCUT2D eigenvalue weighted by Gasteiger charge is 2.41. The molecule has 0 N–H and O–H groups in total. The number of para-hydroxylation sites is 1. The van der Waals surface area contributed by atoms with Crippen LogP contribution in [-0.4, -0.2) is 14.3 Å². The van der Waals surface area contributed by atoms with Gasteiger partial charge in [0.2, 0.25) is 0 Å². The van der Waals surface area contributed by atoms with Crippen LogP contribution in [0, 0.1) is 6.92 Å². The van der Waals surface area contributed by atoms with Crippen molar-refractivity contribution in [2.75, 3.05) is 4.31 Å². The molecular formula is C14H11NO3S. The van der Waals surface area contributed by atoms with Gasteiger partial charge in [-0.25, -0.2) is 8.42 Å². The number of amides is 1. The predicted octanol–water partition coefficient (Wildman–Crippen LogP) is 2.34. The normalized spacial score (nSPS) is 13.9. The maximum atomic E-state index is 12.4. The van der Waals surface area contributed by atoms with Gasteiger partial charge in [-0.2, -0.15) is 4.31 Å². The van der Waals surface area contributed by atoms with Crippen molar-refractivity contribution in [2.24, 2.45) is 0 Å². The summed E-state index contributed by atoms with van der Waals surface area (Å²) in [5.41, 5.74) is 1.85. The first kappa shape index (κ1) is 11.9. The van der Waals surface area contributed by atoms with Gasteiger partial charge in [0, 0.05) is 0 Å². The third-order valence-electron chi connectivity index (χ3n) is 3.10. The van der Waals surface area contributed by atoms with Crippen LogP contribution in [0.5, 0.6) is 0 Å². The van der Waals surface area contributed by atoms with Crippen LogP contribution >= 0.6 is 0 Å². The minimum absolute atomic E-state index is 0.126. The van der Waals surface area contributed by atoms with E-state index in [1.807, 2.05) is 6.92 Å². The second-order valence-corrected chi connectivity index (χ2v) is 6.19. The van der Waals surface area contributed by atoms with E-state index in [1.54, 1.807) is 36.4 Å². The van der Waals surface area contributed by atoms with Crippen LogP contribution in [0.15, 0.2) is 53.4 Å². The van der Waals surface area contributed by atoms with Crippen LogP contribution in [0.2, 0.25) is 0 Å². The van der Waals surface area contributed by atoms with Crippen molar-refractivity contribution in [3.8, 4) is 0 Å². The van der Waals surface area contributed by atoms with Gasteiger partial charge in [0.1, 0.15) is 0 Å².